The monoisotopic (exact) mass is 352 g/mol. The topological polar surface area (TPSA) is 95.9 Å². The molecule has 132 valence electrons. The van der Waals surface area contributed by atoms with Gasteiger partial charge in [-0.1, -0.05) is 48.5 Å². The van der Waals surface area contributed by atoms with E-state index in [0.717, 1.165) is 5.56 Å². The summed E-state index contributed by atoms with van der Waals surface area (Å²) in [6.07, 6.45) is 1.47. The maximum Gasteiger partial charge on any atom is 0.329 e. The minimum absolute atomic E-state index is 0.00649. The Bertz CT molecular complexity index is 877. The molecule has 3 rings (SSSR count). The molecule has 1 aliphatic rings. The highest BCUT2D eigenvalue weighted by atomic mass is 16.5. The summed E-state index contributed by atoms with van der Waals surface area (Å²) in [6.45, 7) is -0.333. The normalized spacial score (nSPS) is 15.2. The fourth-order valence-corrected chi connectivity index (χ4v) is 2.47. The first-order valence-corrected chi connectivity index (χ1v) is 7.86. The summed E-state index contributed by atoms with van der Waals surface area (Å²) in [7, 11) is 0. The van der Waals surface area contributed by atoms with Crippen molar-refractivity contribution in [3.05, 3.63) is 71.4 Å². The average Bonchev–Trinajstić information content (AvgIpc) is 2.89. The van der Waals surface area contributed by atoms with Crippen LogP contribution in [0.3, 0.4) is 0 Å². The molecule has 2 aromatic rings. The number of imide groups is 1. The van der Waals surface area contributed by atoms with Crippen LogP contribution in [-0.4, -0.2) is 34.5 Å². The van der Waals surface area contributed by atoms with Gasteiger partial charge >= 0.3 is 12.0 Å². The minimum atomic E-state index is -1.26. The van der Waals surface area contributed by atoms with Crippen LogP contribution < -0.4 is 10.1 Å². The van der Waals surface area contributed by atoms with Crippen molar-refractivity contribution >= 4 is 24.0 Å². The number of benzene rings is 2. The van der Waals surface area contributed by atoms with E-state index in [1.165, 1.54) is 6.08 Å². The molecule has 1 heterocycles. The average molecular weight is 352 g/mol. The van der Waals surface area contributed by atoms with Gasteiger partial charge < -0.3 is 15.2 Å². The van der Waals surface area contributed by atoms with Gasteiger partial charge in [-0.15, -0.1) is 0 Å². The number of nitrogens with zero attached hydrogens (tertiary/aromatic N) is 1. The second kappa shape index (κ2) is 7.52. The molecule has 0 unspecified atom stereocenters. The second-order valence-corrected chi connectivity index (χ2v) is 5.59. The van der Waals surface area contributed by atoms with E-state index in [1.807, 2.05) is 30.3 Å². The van der Waals surface area contributed by atoms with Crippen LogP contribution in [0, 0.1) is 0 Å². The van der Waals surface area contributed by atoms with Crippen LogP contribution >= 0.6 is 0 Å². The number of hydrogen-bond acceptors (Lipinski definition) is 4. The highest BCUT2D eigenvalue weighted by Gasteiger charge is 2.34. The van der Waals surface area contributed by atoms with Crippen molar-refractivity contribution in [3.8, 4) is 5.75 Å². The third-order valence-corrected chi connectivity index (χ3v) is 3.71. The highest BCUT2D eigenvalue weighted by Crippen LogP contribution is 2.23. The van der Waals surface area contributed by atoms with Gasteiger partial charge in [-0.2, -0.15) is 0 Å². The third kappa shape index (κ3) is 3.89. The Hall–Kier alpha value is -3.61. The molecular formula is C19H16N2O5. The van der Waals surface area contributed by atoms with Gasteiger partial charge in [-0.05, 0) is 17.7 Å². The standard InChI is InChI=1S/C19H16N2O5/c22-17(23)11-21-18(24)15(20-19(21)25)10-14-8-4-5-9-16(14)26-12-13-6-2-1-3-7-13/h1-10H,11-12H2,(H,20,25)(H,22,23)/b15-10+. The summed E-state index contributed by atoms with van der Waals surface area (Å²) < 4.78 is 5.81. The number of urea groups is 1. The minimum Gasteiger partial charge on any atom is -0.488 e. The number of carboxylic acids is 1. The van der Waals surface area contributed by atoms with Crippen LogP contribution in [0.25, 0.3) is 6.08 Å². The van der Waals surface area contributed by atoms with Crippen molar-refractivity contribution in [1.82, 2.24) is 10.2 Å². The number of rotatable bonds is 6. The first-order valence-electron chi connectivity index (χ1n) is 7.86. The Kier molecular flexibility index (Phi) is 4.98. The van der Waals surface area contributed by atoms with Gasteiger partial charge in [0.05, 0.1) is 0 Å². The lowest BCUT2D eigenvalue weighted by Crippen LogP contribution is -2.35. The molecule has 0 atom stereocenters. The number of para-hydroxylation sites is 1. The zero-order valence-electron chi connectivity index (χ0n) is 13.7. The Labute approximate surface area is 149 Å². The number of nitrogens with one attached hydrogen (secondary N) is 1. The Morgan fingerprint density at radius 1 is 1.08 bits per heavy atom. The number of hydrogen-bond donors (Lipinski definition) is 2. The quantitative estimate of drug-likeness (QED) is 0.614. The van der Waals surface area contributed by atoms with Crippen LogP contribution in [0.1, 0.15) is 11.1 Å². The lowest BCUT2D eigenvalue weighted by molar-refractivity contribution is -0.140. The van der Waals surface area contributed by atoms with Crippen LogP contribution in [0.15, 0.2) is 60.3 Å². The number of ether oxygens (including phenoxy) is 1. The van der Waals surface area contributed by atoms with E-state index in [4.69, 9.17) is 9.84 Å². The summed E-state index contributed by atoms with van der Waals surface area (Å²) in [5, 5.41) is 11.2. The highest BCUT2D eigenvalue weighted by molar-refractivity contribution is 6.15. The molecule has 0 aromatic heterocycles. The van der Waals surface area contributed by atoms with Gasteiger partial charge in [0.15, 0.2) is 0 Å². The van der Waals surface area contributed by atoms with Crippen molar-refractivity contribution in [2.45, 2.75) is 6.61 Å². The third-order valence-electron chi connectivity index (χ3n) is 3.71. The fourth-order valence-electron chi connectivity index (χ4n) is 2.47. The summed E-state index contributed by atoms with van der Waals surface area (Å²) in [6, 6.07) is 15.9. The van der Waals surface area contributed by atoms with E-state index in [1.54, 1.807) is 24.3 Å². The van der Waals surface area contributed by atoms with Crippen molar-refractivity contribution < 1.29 is 24.2 Å². The Morgan fingerprint density at radius 3 is 2.50 bits per heavy atom. The SMILES string of the molecule is O=C(O)CN1C(=O)N/C(=C/c2ccccc2OCc2ccccc2)C1=O. The Morgan fingerprint density at radius 2 is 1.77 bits per heavy atom. The van der Waals surface area contributed by atoms with Gasteiger partial charge in [0.1, 0.15) is 24.6 Å². The first-order chi connectivity index (χ1) is 12.5. The molecule has 1 fully saturated rings. The van der Waals surface area contributed by atoms with Gasteiger partial charge in [-0.3, -0.25) is 9.59 Å². The summed E-state index contributed by atoms with van der Waals surface area (Å²) in [5.74, 6) is -1.40. The van der Waals surface area contributed by atoms with Crippen molar-refractivity contribution in [2.75, 3.05) is 6.54 Å². The fraction of sp³-hybridized carbons (Fsp3) is 0.105. The number of carbonyl (C=O) groups is 3. The number of amides is 3. The molecule has 26 heavy (non-hydrogen) atoms. The van der Waals surface area contributed by atoms with Crippen LogP contribution in [0.2, 0.25) is 0 Å². The second-order valence-electron chi connectivity index (χ2n) is 5.59. The van der Waals surface area contributed by atoms with Crippen molar-refractivity contribution in [2.24, 2.45) is 0 Å². The van der Waals surface area contributed by atoms with E-state index in [0.29, 0.717) is 22.8 Å². The predicted octanol–water partition coefficient (Wildman–Crippen LogP) is 2.24. The number of aliphatic carboxylic acids is 1. The summed E-state index contributed by atoms with van der Waals surface area (Å²) in [5.41, 5.74) is 1.60. The van der Waals surface area contributed by atoms with Crippen LogP contribution in [-0.2, 0) is 16.2 Å². The lowest BCUT2D eigenvalue weighted by atomic mass is 10.1. The molecular weight excluding hydrogens is 336 g/mol. The van der Waals surface area contributed by atoms with E-state index in [2.05, 4.69) is 5.32 Å². The molecule has 7 heteroatoms. The zero-order valence-corrected chi connectivity index (χ0v) is 13.7. The largest absolute Gasteiger partial charge is 0.488 e. The van der Waals surface area contributed by atoms with Gasteiger partial charge in [-0.25, -0.2) is 9.69 Å². The maximum atomic E-state index is 12.2. The van der Waals surface area contributed by atoms with Crippen LogP contribution in [0.5, 0.6) is 5.75 Å². The molecule has 0 spiro atoms. The molecule has 0 radical (unpaired) electrons. The van der Waals surface area contributed by atoms with Gasteiger partial charge in [0.2, 0.25) is 0 Å². The number of carboxylic acid groups (broad SMARTS) is 1. The van der Waals surface area contributed by atoms with E-state index < -0.39 is 24.5 Å². The molecule has 2 N–H and O–H groups in total. The molecule has 1 saturated heterocycles. The lowest BCUT2D eigenvalue weighted by Gasteiger charge is -2.10. The predicted molar refractivity (Wildman–Crippen MR) is 93.1 cm³/mol. The van der Waals surface area contributed by atoms with Gasteiger partial charge in [0.25, 0.3) is 5.91 Å². The first kappa shape index (κ1) is 17.2. The van der Waals surface area contributed by atoms with E-state index >= 15 is 0 Å². The van der Waals surface area contributed by atoms with Crippen molar-refractivity contribution in [1.29, 1.82) is 0 Å². The zero-order chi connectivity index (χ0) is 18.5. The van der Waals surface area contributed by atoms with E-state index in [-0.39, 0.29) is 5.70 Å². The maximum absolute atomic E-state index is 12.2. The molecule has 0 saturated carbocycles. The molecule has 0 bridgehead atoms. The van der Waals surface area contributed by atoms with Gasteiger partial charge in [0, 0.05) is 5.56 Å². The molecule has 7 nitrogen and oxygen atoms in total. The molecule has 2 aromatic carbocycles. The molecule has 3 amide bonds. The molecule has 1 aliphatic heterocycles. The molecule has 0 aliphatic carbocycles. The number of carbonyl (C=O) groups excluding carboxylic acids is 2. The van der Waals surface area contributed by atoms with Crippen molar-refractivity contribution in [3.63, 3.8) is 0 Å². The summed E-state index contributed by atoms with van der Waals surface area (Å²) >= 11 is 0. The van der Waals surface area contributed by atoms with Crippen LogP contribution in [0.4, 0.5) is 4.79 Å². The Balaban J connectivity index is 1.79. The summed E-state index contributed by atoms with van der Waals surface area (Å²) in [4.78, 5) is 35.4. The smallest absolute Gasteiger partial charge is 0.329 e. The van der Waals surface area contributed by atoms with E-state index in [9.17, 15) is 14.4 Å².